The Labute approximate surface area is 163 Å². The van der Waals surface area contributed by atoms with Crippen LogP contribution in [-0.2, 0) is 27.2 Å². The smallest absolute Gasteiger partial charge is 0.332 e. The van der Waals surface area contributed by atoms with Gasteiger partial charge in [0.25, 0.3) is 5.56 Å². The SMILES string of the molecule is CC(C)CCn1c(CN2CCN(C(N)=O)CC2)nc2c1c(=O)n(C)c(=O)n2C. The summed E-state index contributed by atoms with van der Waals surface area (Å²) in [6, 6.07) is -0.401. The van der Waals surface area contributed by atoms with Gasteiger partial charge in [-0.3, -0.25) is 18.8 Å². The Balaban J connectivity index is 1.99. The van der Waals surface area contributed by atoms with E-state index in [-0.39, 0.29) is 11.2 Å². The fraction of sp³-hybridized carbons (Fsp3) is 0.667. The summed E-state index contributed by atoms with van der Waals surface area (Å²) in [7, 11) is 3.13. The Kier molecular flexibility index (Phi) is 5.59. The second kappa shape index (κ2) is 7.78. The lowest BCUT2D eigenvalue weighted by molar-refractivity contribution is 0.138. The Morgan fingerprint density at radius 2 is 1.75 bits per heavy atom. The molecule has 3 heterocycles. The summed E-state index contributed by atoms with van der Waals surface area (Å²) < 4.78 is 4.51. The maximum absolute atomic E-state index is 12.8. The number of carbonyl (C=O) groups is 1. The molecule has 2 aromatic rings. The molecule has 0 atom stereocenters. The van der Waals surface area contributed by atoms with Crippen LogP contribution in [0, 0.1) is 5.92 Å². The number of fused-ring (bicyclic) bond motifs is 1. The molecule has 0 saturated carbocycles. The molecule has 2 amide bonds. The fourth-order valence-electron chi connectivity index (χ4n) is 3.57. The van der Waals surface area contributed by atoms with Crippen LogP contribution in [0.4, 0.5) is 4.79 Å². The molecule has 0 spiro atoms. The normalized spacial score (nSPS) is 15.7. The van der Waals surface area contributed by atoms with E-state index < -0.39 is 6.03 Å². The van der Waals surface area contributed by atoms with Gasteiger partial charge in [0.2, 0.25) is 0 Å². The van der Waals surface area contributed by atoms with E-state index in [2.05, 4.69) is 23.7 Å². The largest absolute Gasteiger partial charge is 0.351 e. The van der Waals surface area contributed by atoms with Crippen molar-refractivity contribution in [1.82, 2.24) is 28.5 Å². The van der Waals surface area contributed by atoms with E-state index in [0.29, 0.717) is 56.4 Å². The van der Waals surface area contributed by atoms with Crippen molar-refractivity contribution in [3.63, 3.8) is 0 Å². The highest BCUT2D eigenvalue weighted by molar-refractivity contribution is 5.72. The van der Waals surface area contributed by atoms with Crippen molar-refractivity contribution in [3.8, 4) is 0 Å². The van der Waals surface area contributed by atoms with Crippen molar-refractivity contribution in [2.75, 3.05) is 26.2 Å². The molecule has 10 heteroatoms. The van der Waals surface area contributed by atoms with Crippen LogP contribution >= 0.6 is 0 Å². The Bertz CT molecular complexity index is 993. The van der Waals surface area contributed by atoms with E-state index in [1.54, 1.807) is 11.9 Å². The number of nitrogens with two attached hydrogens (primary N) is 1. The van der Waals surface area contributed by atoms with E-state index in [9.17, 15) is 14.4 Å². The Morgan fingerprint density at radius 3 is 2.32 bits per heavy atom. The minimum atomic E-state index is -0.401. The fourth-order valence-corrected chi connectivity index (χ4v) is 3.57. The zero-order valence-electron chi connectivity index (χ0n) is 17.0. The molecule has 0 bridgehead atoms. The van der Waals surface area contributed by atoms with Crippen molar-refractivity contribution < 1.29 is 4.79 Å². The van der Waals surface area contributed by atoms with Gasteiger partial charge in [-0.15, -0.1) is 0 Å². The van der Waals surface area contributed by atoms with Gasteiger partial charge in [-0.05, 0) is 12.3 Å². The van der Waals surface area contributed by atoms with Crippen molar-refractivity contribution in [2.45, 2.75) is 33.4 Å². The van der Waals surface area contributed by atoms with Crippen LogP contribution in [0.25, 0.3) is 11.2 Å². The minimum Gasteiger partial charge on any atom is -0.351 e. The van der Waals surface area contributed by atoms with Gasteiger partial charge >= 0.3 is 11.7 Å². The second-order valence-electron chi connectivity index (χ2n) is 7.84. The molecule has 154 valence electrons. The summed E-state index contributed by atoms with van der Waals surface area (Å²) in [5.41, 5.74) is 5.54. The molecule has 1 fully saturated rings. The summed E-state index contributed by atoms with van der Waals surface area (Å²) in [5.74, 6) is 1.24. The number of urea groups is 1. The van der Waals surface area contributed by atoms with Crippen molar-refractivity contribution in [1.29, 1.82) is 0 Å². The molecular weight excluding hydrogens is 362 g/mol. The second-order valence-corrected chi connectivity index (χ2v) is 7.84. The van der Waals surface area contributed by atoms with Gasteiger partial charge in [-0.2, -0.15) is 0 Å². The lowest BCUT2D eigenvalue weighted by atomic mass is 10.1. The molecule has 3 rings (SSSR count). The summed E-state index contributed by atoms with van der Waals surface area (Å²) in [5, 5.41) is 0. The third-order valence-electron chi connectivity index (χ3n) is 5.41. The third-order valence-corrected chi connectivity index (χ3v) is 5.41. The molecule has 0 aliphatic carbocycles. The number of nitrogens with zero attached hydrogens (tertiary/aromatic N) is 6. The number of imidazole rings is 1. The maximum Gasteiger partial charge on any atom is 0.332 e. The molecule has 1 saturated heterocycles. The number of hydrogen-bond acceptors (Lipinski definition) is 5. The van der Waals surface area contributed by atoms with Gasteiger partial charge in [0.1, 0.15) is 5.82 Å². The van der Waals surface area contributed by atoms with Gasteiger partial charge in [-0.25, -0.2) is 14.6 Å². The third kappa shape index (κ3) is 3.68. The minimum absolute atomic E-state index is 0.320. The number of primary amides is 1. The predicted octanol–water partition coefficient (Wildman–Crippen LogP) is -0.324. The number of piperazine rings is 1. The molecule has 1 aliphatic heterocycles. The molecule has 1 aliphatic rings. The van der Waals surface area contributed by atoms with Crippen LogP contribution in [0.5, 0.6) is 0 Å². The highest BCUT2D eigenvalue weighted by atomic mass is 16.2. The lowest BCUT2D eigenvalue weighted by Gasteiger charge is -2.33. The topological polar surface area (TPSA) is 111 Å². The number of hydrogen-bond donors (Lipinski definition) is 1. The molecule has 28 heavy (non-hydrogen) atoms. The number of carbonyl (C=O) groups excluding carboxylic acids is 1. The number of aromatic nitrogens is 4. The van der Waals surface area contributed by atoms with Crippen LogP contribution in [-0.4, -0.2) is 60.7 Å². The molecular formula is C18H29N7O3. The van der Waals surface area contributed by atoms with E-state index in [1.165, 1.54) is 11.6 Å². The van der Waals surface area contributed by atoms with Crippen LogP contribution in [0.2, 0.25) is 0 Å². The number of amides is 2. The van der Waals surface area contributed by atoms with Crippen LogP contribution in [0.1, 0.15) is 26.1 Å². The first-order valence-corrected chi connectivity index (χ1v) is 9.62. The standard InChI is InChI=1S/C18H29N7O3/c1-12(2)5-6-25-13(11-23-7-9-24(10-8-23)17(19)27)20-15-14(25)16(26)22(4)18(28)21(15)3/h12H,5-11H2,1-4H3,(H2,19,27). The van der Waals surface area contributed by atoms with E-state index in [0.717, 1.165) is 16.8 Å². The lowest BCUT2D eigenvalue weighted by Crippen LogP contribution is -2.50. The molecule has 2 aromatic heterocycles. The van der Waals surface area contributed by atoms with Crippen molar-refractivity contribution >= 4 is 17.2 Å². The quantitative estimate of drug-likeness (QED) is 0.751. The first-order chi connectivity index (χ1) is 13.2. The summed E-state index contributed by atoms with van der Waals surface area (Å²) in [6.07, 6.45) is 0.903. The highest BCUT2D eigenvalue weighted by Gasteiger charge is 2.23. The first-order valence-electron chi connectivity index (χ1n) is 9.62. The predicted molar refractivity (Wildman–Crippen MR) is 106 cm³/mol. The zero-order chi connectivity index (χ0) is 20.6. The van der Waals surface area contributed by atoms with Crippen LogP contribution in [0.15, 0.2) is 9.59 Å². The van der Waals surface area contributed by atoms with Gasteiger partial charge in [-0.1, -0.05) is 13.8 Å². The van der Waals surface area contributed by atoms with Crippen molar-refractivity contribution in [2.24, 2.45) is 25.7 Å². The van der Waals surface area contributed by atoms with Crippen LogP contribution < -0.4 is 17.0 Å². The summed E-state index contributed by atoms with van der Waals surface area (Å²) in [4.78, 5) is 44.9. The Morgan fingerprint density at radius 1 is 1.11 bits per heavy atom. The average Bonchev–Trinajstić information content (AvgIpc) is 3.01. The maximum atomic E-state index is 12.8. The molecule has 0 aromatic carbocycles. The van der Waals surface area contributed by atoms with Crippen molar-refractivity contribution in [3.05, 3.63) is 26.7 Å². The molecule has 0 unspecified atom stereocenters. The number of aryl methyl sites for hydroxylation is 2. The van der Waals surface area contributed by atoms with Gasteiger partial charge in [0, 0.05) is 46.8 Å². The molecule has 2 N–H and O–H groups in total. The van der Waals surface area contributed by atoms with Gasteiger partial charge < -0.3 is 15.2 Å². The van der Waals surface area contributed by atoms with Gasteiger partial charge in [0.05, 0.1) is 6.54 Å². The van der Waals surface area contributed by atoms with Crippen LogP contribution in [0.3, 0.4) is 0 Å². The monoisotopic (exact) mass is 391 g/mol. The zero-order valence-corrected chi connectivity index (χ0v) is 17.0. The Hall–Kier alpha value is -2.62. The first kappa shape index (κ1) is 20.1. The molecule has 10 nitrogen and oxygen atoms in total. The average molecular weight is 391 g/mol. The number of rotatable bonds is 5. The summed E-state index contributed by atoms with van der Waals surface area (Å²) in [6.45, 7) is 8.00. The van der Waals surface area contributed by atoms with E-state index in [1.807, 2.05) is 4.57 Å². The molecule has 0 radical (unpaired) electrons. The van der Waals surface area contributed by atoms with Gasteiger partial charge in [0.15, 0.2) is 11.2 Å². The van der Waals surface area contributed by atoms with E-state index in [4.69, 9.17) is 5.73 Å². The van der Waals surface area contributed by atoms with E-state index >= 15 is 0 Å². The summed E-state index contributed by atoms with van der Waals surface area (Å²) >= 11 is 0. The highest BCUT2D eigenvalue weighted by Crippen LogP contribution is 2.16.